The summed E-state index contributed by atoms with van der Waals surface area (Å²) in [5.41, 5.74) is -0.257. The van der Waals surface area contributed by atoms with Crippen LogP contribution in [0.5, 0.6) is 0 Å². The van der Waals surface area contributed by atoms with Gasteiger partial charge in [0.05, 0.1) is 6.61 Å². The SMILES string of the molecule is CCCc1ccc(-c2ccc(-c3ccc(CCC4CCC(OCC)OC4)c(F)c3F)c(F)c2F)c(F)c1. The Morgan fingerprint density at radius 2 is 1.38 bits per heavy atom. The van der Waals surface area contributed by atoms with Crippen molar-refractivity contribution in [3.63, 3.8) is 0 Å². The van der Waals surface area contributed by atoms with Gasteiger partial charge in [-0.2, -0.15) is 0 Å². The molecule has 2 unspecified atom stereocenters. The maximum atomic E-state index is 15.0. The largest absolute Gasteiger partial charge is 0.353 e. The van der Waals surface area contributed by atoms with Crippen LogP contribution in [0.15, 0.2) is 42.5 Å². The Bertz CT molecular complexity index is 1240. The first-order chi connectivity index (χ1) is 17.8. The van der Waals surface area contributed by atoms with E-state index in [0.29, 0.717) is 32.5 Å². The highest BCUT2D eigenvalue weighted by Gasteiger charge is 2.24. The van der Waals surface area contributed by atoms with Gasteiger partial charge in [0.2, 0.25) is 0 Å². The molecule has 0 N–H and O–H groups in total. The smallest absolute Gasteiger partial charge is 0.167 e. The fourth-order valence-electron chi connectivity index (χ4n) is 4.86. The molecule has 7 heteroatoms. The number of rotatable bonds is 9. The van der Waals surface area contributed by atoms with E-state index in [1.165, 1.54) is 30.3 Å². The summed E-state index contributed by atoms with van der Waals surface area (Å²) in [5.74, 6) is -5.46. The number of benzene rings is 3. The molecule has 0 saturated carbocycles. The van der Waals surface area contributed by atoms with E-state index in [1.54, 1.807) is 6.07 Å². The first-order valence-corrected chi connectivity index (χ1v) is 12.8. The maximum Gasteiger partial charge on any atom is 0.167 e. The van der Waals surface area contributed by atoms with Gasteiger partial charge in [0.15, 0.2) is 29.6 Å². The monoisotopic (exact) mass is 518 g/mol. The predicted octanol–water partition coefficient (Wildman–Crippen LogP) is 8.39. The van der Waals surface area contributed by atoms with Crippen molar-refractivity contribution in [2.45, 2.75) is 58.7 Å². The van der Waals surface area contributed by atoms with E-state index in [-0.39, 0.29) is 34.5 Å². The topological polar surface area (TPSA) is 18.5 Å². The minimum atomic E-state index is -1.36. The van der Waals surface area contributed by atoms with Crippen LogP contribution in [0.1, 0.15) is 50.7 Å². The Hall–Kier alpha value is -2.77. The second-order valence-electron chi connectivity index (χ2n) is 9.45. The van der Waals surface area contributed by atoms with Crippen LogP contribution in [-0.4, -0.2) is 19.5 Å². The summed E-state index contributed by atoms with van der Waals surface area (Å²) in [7, 11) is 0. The second-order valence-corrected chi connectivity index (χ2v) is 9.45. The molecule has 2 atom stereocenters. The van der Waals surface area contributed by atoms with Crippen LogP contribution in [0.2, 0.25) is 0 Å². The zero-order chi connectivity index (χ0) is 26.5. The molecule has 198 valence electrons. The average Bonchev–Trinajstić information content (AvgIpc) is 2.89. The average molecular weight is 519 g/mol. The third-order valence-corrected chi connectivity index (χ3v) is 6.90. The van der Waals surface area contributed by atoms with Crippen molar-refractivity contribution in [1.29, 1.82) is 0 Å². The molecule has 1 heterocycles. The zero-order valence-electron chi connectivity index (χ0n) is 21.1. The van der Waals surface area contributed by atoms with Gasteiger partial charge in [-0.05, 0) is 62.1 Å². The van der Waals surface area contributed by atoms with E-state index >= 15 is 8.78 Å². The van der Waals surface area contributed by atoms with Crippen molar-refractivity contribution in [3.05, 3.63) is 82.7 Å². The summed E-state index contributed by atoms with van der Waals surface area (Å²) in [6, 6.07) is 9.37. The maximum absolute atomic E-state index is 15.0. The summed E-state index contributed by atoms with van der Waals surface area (Å²) in [4.78, 5) is 0. The lowest BCUT2D eigenvalue weighted by atomic mass is 9.92. The van der Waals surface area contributed by atoms with Gasteiger partial charge >= 0.3 is 0 Å². The quantitative estimate of drug-likeness (QED) is 0.265. The molecule has 0 bridgehead atoms. The number of hydrogen-bond acceptors (Lipinski definition) is 2. The summed E-state index contributed by atoms with van der Waals surface area (Å²) < 4.78 is 85.6. The fourth-order valence-corrected chi connectivity index (χ4v) is 4.86. The number of halogens is 5. The summed E-state index contributed by atoms with van der Waals surface area (Å²) >= 11 is 0. The highest BCUT2D eigenvalue weighted by atomic mass is 19.2. The highest BCUT2D eigenvalue weighted by Crippen LogP contribution is 2.35. The Morgan fingerprint density at radius 1 is 0.757 bits per heavy atom. The molecule has 4 rings (SSSR count). The lowest BCUT2D eigenvalue weighted by molar-refractivity contribution is -0.173. The molecule has 0 aliphatic carbocycles. The van der Waals surface area contributed by atoms with E-state index in [9.17, 15) is 13.2 Å². The summed E-state index contributed by atoms with van der Waals surface area (Å²) in [6.07, 6.45) is 3.79. The second kappa shape index (κ2) is 12.2. The van der Waals surface area contributed by atoms with Crippen molar-refractivity contribution in [1.82, 2.24) is 0 Å². The molecule has 2 nitrogen and oxygen atoms in total. The normalized spacial score (nSPS) is 17.8. The standard InChI is InChI=1S/C30H31F5O2/c1-3-5-18-7-11-21(25(31)16-18)22-13-14-24(30(35)29(22)34)23-12-10-20(27(32)28(23)33)9-6-19-8-15-26(36-4-2)37-17-19/h7,10-14,16,19,26H,3-6,8-9,15,17H2,1-2H3. The Labute approximate surface area is 214 Å². The van der Waals surface area contributed by atoms with E-state index in [1.807, 2.05) is 13.8 Å². The molecule has 1 saturated heterocycles. The van der Waals surface area contributed by atoms with Crippen molar-refractivity contribution in [2.24, 2.45) is 5.92 Å². The minimum Gasteiger partial charge on any atom is -0.353 e. The number of aryl methyl sites for hydroxylation is 2. The predicted molar refractivity (Wildman–Crippen MR) is 134 cm³/mol. The van der Waals surface area contributed by atoms with Crippen LogP contribution in [0.4, 0.5) is 22.0 Å². The van der Waals surface area contributed by atoms with E-state index in [0.717, 1.165) is 30.9 Å². The molecule has 37 heavy (non-hydrogen) atoms. The zero-order valence-corrected chi connectivity index (χ0v) is 21.1. The first-order valence-electron chi connectivity index (χ1n) is 12.8. The van der Waals surface area contributed by atoms with Crippen molar-refractivity contribution < 1.29 is 31.4 Å². The van der Waals surface area contributed by atoms with Crippen LogP contribution in [0.3, 0.4) is 0 Å². The Balaban J connectivity index is 1.52. The van der Waals surface area contributed by atoms with Gasteiger partial charge in [-0.25, -0.2) is 22.0 Å². The molecule has 1 fully saturated rings. The first kappa shape index (κ1) is 27.3. The minimum absolute atomic E-state index is 0.0935. The molecule has 0 radical (unpaired) electrons. The van der Waals surface area contributed by atoms with Gasteiger partial charge in [0.1, 0.15) is 5.82 Å². The van der Waals surface area contributed by atoms with Crippen LogP contribution >= 0.6 is 0 Å². The van der Waals surface area contributed by atoms with Gasteiger partial charge in [-0.15, -0.1) is 0 Å². The molecular formula is C30H31F5O2. The van der Waals surface area contributed by atoms with Crippen molar-refractivity contribution in [2.75, 3.05) is 13.2 Å². The fraction of sp³-hybridized carbons (Fsp3) is 0.400. The molecule has 0 spiro atoms. The lowest BCUT2D eigenvalue weighted by Gasteiger charge is -2.28. The van der Waals surface area contributed by atoms with E-state index in [2.05, 4.69) is 0 Å². The third-order valence-electron chi connectivity index (χ3n) is 6.90. The van der Waals surface area contributed by atoms with Crippen LogP contribution < -0.4 is 0 Å². The van der Waals surface area contributed by atoms with Crippen LogP contribution in [0, 0.1) is 35.0 Å². The highest BCUT2D eigenvalue weighted by molar-refractivity contribution is 5.72. The number of ether oxygens (including phenoxy) is 2. The van der Waals surface area contributed by atoms with E-state index in [4.69, 9.17) is 9.47 Å². The number of hydrogen-bond donors (Lipinski definition) is 0. The molecule has 0 amide bonds. The van der Waals surface area contributed by atoms with Gasteiger partial charge < -0.3 is 9.47 Å². The molecule has 1 aliphatic rings. The van der Waals surface area contributed by atoms with Gasteiger partial charge in [0, 0.05) is 28.9 Å². The Kier molecular flexibility index (Phi) is 8.98. The summed E-state index contributed by atoms with van der Waals surface area (Å²) in [5, 5.41) is 0. The van der Waals surface area contributed by atoms with Crippen molar-refractivity contribution in [3.8, 4) is 22.3 Å². The van der Waals surface area contributed by atoms with Gasteiger partial charge in [0.25, 0.3) is 0 Å². The molecule has 3 aromatic carbocycles. The summed E-state index contributed by atoms with van der Waals surface area (Å²) in [6.45, 7) is 4.92. The van der Waals surface area contributed by atoms with Crippen LogP contribution in [0.25, 0.3) is 22.3 Å². The molecule has 3 aromatic rings. The molecule has 0 aromatic heterocycles. The van der Waals surface area contributed by atoms with E-state index < -0.39 is 34.6 Å². The third kappa shape index (κ3) is 6.04. The molecular weight excluding hydrogens is 487 g/mol. The van der Waals surface area contributed by atoms with Gasteiger partial charge in [-0.3, -0.25) is 0 Å². The van der Waals surface area contributed by atoms with Gasteiger partial charge in [-0.1, -0.05) is 49.7 Å². The molecule has 1 aliphatic heterocycles. The van der Waals surface area contributed by atoms with Crippen LogP contribution in [-0.2, 0) is 22.3 Å². The lowest BCUT2D eigenvalue weighted by Crippen LogP contribution is -2.28. The van der Waals surface area contributed by atoms with Crippen molar-refractivity contribution >= 4 is 0 Å². The Morgan fingerprint density at radius 3 is 1.97 bits per heavy atom.